The standard InChI is InChI=1S/C23H35NO4/c1-2-18(23(25)26)16-24-20-9-8-19-6-3-7-22(21(19)15-20)28-12-4-5-17-10-13-27-14-11-17/h3,6-7,17-18,20,24H,2,4-5,8-16H2,1H3,(H,25,26). The highest BCUT2D eigenvalue weighted by Gasteiger charge is 2.23. The maximum atomic E-state index is 11.2. The summed E-state index contributed by atoms with van der Waals surface area (Å²) in [5.41, 5.74) is 2.69. The van der Waals surface area contributed by atoms with Gasteiger partial charge < -0.3 is 19.9 Å². The Morgan fingerprint density at radius 1 is 1.32 bits per heavy atom. The summed E-state index contributed by atoms with van der Waals surface area (Å²) in [6.45, 7) is 5.06. The van der Waals surface area contributed by atoms with Gasteiger partial charge in [0.25, 0.3) is 0 Å². The summed E-state index contributed by atoms with van der Waals surface area (Å²) in [6, 6.07) is 6.71. The predicted octanol–water partition coefficient (Wildman–Crippen LogP) is 3.83. The molecule has 1 aromatic rings. The number of rotatable bonds is 10. The molecule has 1 aliphatic carbocycles. The van der Waals surface area contributed by atoms with Crippen molar-refractivity contribution in [1.29, 1.82) is 0 Å². The second-order valence-electron chi connectivity index (χ2n) is 8.23. The Labute approximate surface area is 168 Å². The van der Waals surface area contributed by atoms with Gasteiger partial charge in [-0.1, -0.05) is 19.1 Å². The predicted molar refractivity (Wildman–Crippen MR) is 110 cm³/mol. The second-order valence-corrected chi connectivity index (χ2v) is 8.23. The lowest BCUT2D eigenvalue weighted by Gasteiger charge is -2.28. The lowest BCUT2D eigenvalue weighted by molar-refractivity contribution is -0.141. The highest BCUT2D eigenvalue weighted by molar-refractivity contribution is 5.70. The van der Waals surface area contributed by atoms with Crippen molar-refractivity contribution in [2.45, 2.75) is 64.3 Å². The second kappa shape index (κ2) is 10.8. The summed E-state index contributed by atoms with van der Waals surface area (Å²) in [7, 11) is 0. The fourth-order valence-electron chi connectivity index (χ4n) is 4.37. The molecular weight excluding hydrogens is 354 g/mol. The molecule has 1 saturated heterocycles. The first-order chi connectivity index (χ1) is 13.7. The number of carbonyl (C=O) groups is 1. The molecule has 3 rings (SSSR count). The Hall–Kier alpha value is -1.59. The first-order valence-corrected chi connectivity index (χ1v) is 10.9. The molecule has 5 heteroatoms. The molecule has 1 aliphatic heterocycles. The third-order valence-electron chi connectivity index (χ3n) is 6.29. The normalized spacial score (nSPS) is 21.1. The fourth-order valence-corrected chi connectivity index (χ4v) is 4.37. The Bertz CT molecular complexity index is 627. The van der Waals surface area contributed by atoms with Crippen molar-refractivity contribution >= 4 is 5.97 Å². The quantitative estimate of drug-likeness (QED) is 0.595. The van der Waals surface area contributed by atoms with Crippen LogP contribution in [0.4, 0.5) is 0 Å². The summed E-state index contributed by atoms with van der Waals surface area (Å²) in [6.07, 6.45) is 8.33. The third kappa shape index (κ3) is 5.95. The van der Waals surface area contributed by atoms with E-state index in [0.29, 0.717) is 19.0 Å². The minimum atomic E-state index is -0.709. The van der Waals surface area contributed by atoms with Gasteiger partial charge in [-0.05, 0) is 74.5 Å². The van der Waals surface area contributed by atoms with E-state index in [9.17, 15) is 9.90 Å². The summed E-state index contributed by atoms with van der Waals surface area (Å²) >= 11 is 0. The number of nitrogens with one attached hydrogen (secondary N) is 1. The third-order valence-corrected chi connectivity index (χ3v) is 6.29. The minimum absolute atomic E-state index is 0.307. The highest BCUT2D eigenvalue weighted by atomic mass is 16.5. The number of carboxylic acids is 1. The van der Waals surface area contributed by atoms with Crippen LogP contribution in [0.3, 0.4) is 0 Å². The van der Waals surface area contributed by atoms with E-state index in [-0.39, 0.29) is 5.92 Å². The number of fused-ring (bicyclic) bond motifs is 1. The van der Waals surface area contributed by atoms with Crippen LogP contribution in [0, 0.1) is 11.8 Å². The summed E-state index contributed by atoms with van der Waals surface area (Å²) < 4.78 is 11.6. The molecule has 0 bridgehead atoms. The Morgan fingerprint density at radius 2 is 2.14 bits per heavy atom. The molecule has 1 heterocycles. The Kier molecular flexibility index (Phi) is 8.16. The van der Waals surface area contributed by atoms with E-state index >= 15 is 0 Å². The lowest BCUT2D eigenvalue weighted by Crippen LogP contribution is -2.39. The van der Waals surface area contributed by atoms with Crippen LogP contribution in [-0.4, -0.2) is 43.5 Å². The molecule has 0 spiro atoms. The molecular formula is C23H35NO4. The molecule has 0 aromatic heterocycles. The summed E-state index contributed by atoms with van der Waals surface area (Å²) in [4.78, 5) is 11.2. The van der Waals surface area contributed by atoms with E-state index in [1.54, 1.807) is 0 Å². The van der Waals surface area contributed by atoms with Crippen LogP contribution in [-0.2, 0) is 22.4 Å². The molecule has 2 atom stereocenters. The maximum Gasteiger partial charge on any atom is 0.307 e. The van der Waals surface area contributed by atoms with Gasteiger partial charge in [-0.3, -0.25) is 4.79 Å². The number of benzene rings is 1. The van der Waals surface area contributed by atoms with Crippen LogP contribution in [0.15, 0.2) is 18.2 Å². The number of hydrogen-bond donors (Lipinski definition) is 2. The van der Waals surface area contributed by atoms with E-state index in [0.717, 1.165) is 57.2 Å². The zero-order chi connectivity index (χ0) is 19.8. The number of ether oxygens (including phenoxy) is 2. The van der Waals surface area contributed by atoms with Gasteiger partial charge in [0.15, 0.2) is 0 Å². The van der Waals surface area contributed by atoms with Gasteiger partial charge in [0.2, 0.25) is 0 Å². The van der Waals surface area contributed by atoms with E-state index in [1.165, 1.54) is 30.4 Å². The molecule has 2 unspecified atom stereocenters. The van der Waals surface area contributed by atoms with Crippen molar-refractivity contribution < 1.29 is 19.4 Å². The minimum Gasteiger partial charge on any atom is -0.493 e. The zero-order valence-electron chi connectivity index (χ0n) is 17.1. The first-order valence-electron chi connectivity index (χ1n) is 10.9. The molecule has 156 valence electrons. The van der Waals surface area contributed by atoms with Crippen molar-refractivity contribution in [3.05, 3.63) is 29.3 Å². The van der Waals surface area contributed by atoms with Crippen molar-refractivity contribution in [2.75, 3.05) is 26.4 Å². The van der Waals surface area contributed by atoms with Crippen molar-refractivity contribution in [2.24, 2.45) is 11.8 Å². The van der Waals surface area contributed by atoms with Gasteiger partial charge in [0, 0.05) is 25.8 Å². The van der Waals surface area contributed by atoms with E-state index < -0.39 is 5.97 Å². The molecule has 1 fully saturated rings. The molecule has 0 amide bonds. The van der Waals surface area contributed by atoms with Crippen LogP contribution in [0.2, 0.25) is 0 Å². The number of carboxylic acid groups (broad SMARTS) is 1. The molecule has 0 saturated carbocycles. The van der Waals surface area contributed by atoms with Crippen LogP contribution in [0.1, 0.15) is 56.6 Å². The monoisotopic (exact) mass is 389 g/mol. The van der Waals surface area contributed by atoms with Crippen LogP contribution in [0.25, 0.3) is 0 Å². The first kappa shape index (κ1) is 21.1. The summed E-state index contributed by atoms with van der Waals surface area (Å²) in [5.74, 6) is 0.787. The largest absolute Gasteiger partial charge is 0.493 e. The van der Waals surface area contributed by atoms with E-state index in [2.05, 4.69) is 23.5 Å². The van der Waals surface area contributed by atoms with Crippen LogP contribution >= 0.6 is 0 Å². The molecule has 5 nitrogen and oxygen atoms in total. The average Bonchev–Trinajstić information content (AvgIpc) is 2.72. The molecule has 28 heavy (non-hydrogen) atoms. The van der Waals surface area contributed by atoms with Crippen LogP contribution < -0.4 is 10.1 Å². The Morgan fingerprint density at radius 3 is 2.89 bits per heavy atom. The number of aryl methyl sites for hydroxylation is 1. The topological polar surface area (TPSA) is 67.8 Å². The van der Waals surface area contributed by atoms with Crippen molar-refractivity contribution in [3.63, 3.8) is 0 Å². The molecule has 0 radical (unpaired) electrons. The molecule has 2 aliphatic rings. The van der Waals surface area contributed by atoms with Crippen molar-refractivity contribution in [3.8, 4) is 5.75 Å². The van der Waals surface area contributed by atoms with Gasteiger partial charge in [-0.15, -0.1) is 0 Å². The van der Waals surface area contributed by atoms with E-state index in [4.69, 9.17) is 9.47 Å². The maximum absolute atomic E-state index is 11.2. The Balaban J connectivity index is 1.49. The van der Waals surface area contributed by atoms with Gasteiger partial charge in [-0.25, -0.2) is 0 Å². The number of aliphatic carboxylic acids is 1. The zero-order valence-corrected chi connectivity index (χ0v) is 17.1. The van der Waals surface area contributed by atoms with Gasteiger partial charge in [-0.2, -0.15) is 0 Å². The van der Waals surface area contributed by atoms with Crippen LogP contribution in [0.5, 0.6) is 5.75 Å². The average molecular weight is 390 g/mol. The van der Waals surface area contributed by atoms with Gasteiger partial charge in [0.05, 0.1) is 12.5 Å². The molecule has 1 aromatic carbocycles. The smallest absolute Gasteiger partial charge is 0.307 e. The summed E-state index contributed by atoms with van der Waals surface area (Å²) in [5, 5.41) is 12.7. The fraction of sp³-hybridized carbons (Fsp3) is 0.696. The van der Waals surface area contributed by atoms with Crippen molar-refractivity contribution in [1.82, 2.24) is 5.32 Å². The number of hydrogen-bond acceptors (Lipinski definition) is 4. The van der Waals surface area contributed by atoms with Gasteiger partial charge >= 0.3 is 5.97 Å². The SMILES string of the molecule is CCC(CNC1CCc2cccc(OCCCC3CCOCC3)c2C1)C(=O)O. The van der Waals surface area contributed by atoms with E-state index in [1.807, 2.05) is 6.92 Å². The lowest BCUT2D eigenvalue weighted by atomic mass is 9.87. The van der Waals surface area contributed by atoms with Gasteiger partial charge in [0.1, 0.15) is 5.75 Å². The molecule has 2 N–H and O–H groups in total. The highest BCUT2D eigenvalue weighted by Crippen LogP contribution is 2.30.